The average molecular weight is 340 g/mol. The van der Waals surface area contributed by atoms with Gasteiger partial charge in [-0.25, -0.2) is 0 Å². The van der Waals surface area contributed by atoms with Gasteiger partial charge in [-0.15, -0.1) is 24.8 Å². The van der Waals surface area contributed by atoms with E-state index in [1.807, 2.05) is 0 Å². The van der Waals surface area contributed by atoms with Crippen molar-refractivity contribution in [2.24, 2.45) is 23.5 Å². The van der Waals surface area contributed by atoms with Crippen LogP contribution < -0.4 is 11.1 Å². The molecule has 0 radical (unpaired) electrons. The maximum absolute atomic E-state index is 12.3. The summed E-state index contributed by atoms with van der Waals surface area (Å²) < 4.78 is 0. The highest BCUT2D eigenvalue weighted by atomic mass is 35.5. The molecular weight excluding hydrogens is 309 g/mol. The van der Waals surface area contributed by atoms with Gasteiger partial charge >= 0.3 is 0 Å². The zero-order valence-corrected chi connectivity index (χ0v) is 14.8. The third kappa shape index (κ3) is 4.98. The van der Waals surface area contributed by atoms with E-state index in [-0.39, 0.29) is 42.7 Å². The third-order valence-electron chi connectivity index (χ3n) is 5.00. The van der Waals surface area contributed by atoms with E-state index in [2.05, 4.69) is 24.1 Å². The molecule has 4 atom stereocenters. The number of nitrogens with two attached hydrogens (primary N) is 1. The summed E-state index contributed by atoms with van der Waals surface area (Å²) in [7, 11) is 0. The van der Waals surface area contributed by atoms with Gasteiger partial charge in [0.25, 0.3) is 0 Å². The van der Waals surface area contributed by atoms with Gasteiger partial charge in [0, 0.05) is 19.1 Å². The first-order chi connectivity index (χ1) is 9.17. The van der Waals surface area contributed by atoms with Crippen molar-refractivity contribution in [1.29, 1.82) is 0 Å². The van der Waals surface area contributed by atoms with Crippen LogP contribution in [0.5, 0.6) is 0 Å². The second kappa shape index (κ2) is 9.88. The summed E-state index contributed by atoms with van der Waals surface area (Å²) in [4.78, 5) is 14.6. The molecule has 0 saturated heterocycles. The molecule has 2 rings (SSSR count). The predicted molar refractivity (Wildman–Crippen MR) is 92.2 cm³/mol. The third-order valence-corrected chi connectivity index (χ3v) is 5.00. The highest BCUT2D eigenvalue weighted by Crippen LogP contribution is 2.47. The molecule has 21 heavy (non-hydrogen) atoms. The van der Waals surface area contributed by atoms with Crippen LogP contribution in [0.2, 0.25) is 0 Å². The largest absolute Gasteiger partial charge is 0.355 e. The van der Waals surface area contributed by atoms with Crippen molar-refractivity contribution in [2.45, 2.75) is 45.6 Å². The van der Waals surface area contributed by atoms with E-state index in [9.17, 15) is 4.79 Å². The monoisotopic (exact) mass is 339 g/mol. The number of rotatable bonds is 7. The van der Waals surface area contributed by atoms with Crippen LogP contribution >= 0.6 is 24.8 Å². The van der Waals surface area contributed by atoms with Gasteiger partial charge < -0.3 is 16.0 Å². The Morgan fingerprint density at radius 1 is 1.19 bits per heavy atom. The van der Waals surface area contributed by atoms with Crippen LogP contribution in [0.25, 0.3) is 0 Å². The minimum absolute atomic E-state index is 0. The van der Waals surface area contributed by atoms with Gasteiger partial charge in [-0.1, -0.05) is 13.8 Å². The zero-order chi connectivity index (χ0) is 13.8. The minimum atomic E-state index is 0. The Labute approximate surface area is 141 Å². The molecule has 0 spiro atoms. The van der Waals surface area contributed by atoms with Crippen LogP contribution in [-0.4, -0.2) is 43.0 Å². The van der Waals surface area contributed by atoms with Gasteiger partial charge in [-0.2, -0.15) is 0 Å². The molecule has 4 nitrogen and oxygen atoms in total. The van der Waals surface area contributed by atoms with E-state index >= 15 is 0 Å². The zero-order valence-electron chi connectivity index (χ0n) is 13.2. The fourth-order valence-corrected chi connectivity index (χ4v) is 3.92. The van der Waals surface area contributed by atoms with Crippen molar-refractivity contribution in [2.75, 3.05) is 26.2 Å². The molecule has 0 heterocycles. The molecule has 2 bridgehead atoms. The van der Waals surface area contributed by atoms with E-state index in [4.69, 9.17) is 5.73 Å². The lowest BCUT2D eigenvalue weighted by Crippen LogP contribution is -2.46. The molecule has 0 aromatic rings. The average Bonchev–Trinajstić information content (AvgIpc) is 2.98. The molecule has 3 N–H and O–H groups in total. The lowest BCUT2D eigenvalue weighted by molar-refractivity contribution is -0.127. The SMILES string of the molecule is CCCN(CC)CCNC(=O)C1C2CCC(C2)C1N.Cl.Cl. The number of likely N-dealkylation sites (N-methyl/N-ethyl adjacent to an activating group) is 1. The molecule has 2 fully saturated rings. The van der Waals surface area contributed by atoms with E-state index < -0.39 is 0 Å². The standard InChI is InChI=1S/C15H29N3O.2ClH/c1-3-8-18(4-2)9-7-17-15(19)13-11-5-6-12(10-11)14(13)16;;/h11-14H,3-10,16H2,1-2H3,(H,17,19);2*1H. The maximum Gasteiger partial charge on any atom is 0.225 e. The predicted octanol–water partition coefficient (Wildman–Crippen LogP) is 2.05. The normalized spacial score (nSPS) is 29.9. The Hall–Kier alpha value is -0.0300. The molecule has 0 aromatic carbocycles. The van der Waals surface area contributed by atoms with Crippen molar-refractivity contribution >= 4 is 30.7 Å². The summed E-state index contributed by atoms with van der Waals surface area (Å²) in [6.45, 7) is 8.23. The van der Waals surface area contributed by atoms with Crippen molar-refractivity contribution in [3.63, 3.8) is 0 Å². The lowest BCUT2D eigenvalue weighted by atomic mass is 9.84. The highest BCUT2D eigenvalue weighted by Gasteiger charge is 2.48. The van der Waals surface area contributed by atoms with Crippen molar-refractivity contribution in [3.05, 3.63) is 0 Å². The highest BCUT2D eigenvalue weighted by molar-refractivity contribution is 5.85. The van der Waals surface area contributed by atoms with Crippen molar-refractivity contribution < 1.29 is 4.79 Å². The summed E-state index contributed by atoms with van der Waals surface area (Å²) >= 11 is 0. The Bertz CT molecular complexity index is 315. The van der Waals surface area contributed by atoms with Crippen LogP contribution in [-0.2, 0) is 4.79 Å². The number of amides is 1. The number of hydrogen-bond donors (Lipinski definition) is 2. The molecule has 0 aromatic heterocycles. The second-order valence-corrected chi connectivity index (χ2v) is 6.16. The van der Waals surface area contributed by atoms with Crippen LogP contribution in [0.3, 0.4) is 0 Å². The summed E-state index contributed by atoms with van der Waals surface area (Å²) in [6, 6.07) is 0.108. The van der Waals surface area contributed by atoms with Crippen LogP contribution in [0, 0.1) is 17.8 Å². The smallest absolute Gasteiger partial charge is 0.225 e. The van der Waals surface area contributed by atoms with Gasteiger partial charge in [-0.05, 0) is 50.6 Å². The molecule has 2 saturated carbocycles. The van der Waals surface area contributed by atoms with E-state index in [1.54, 1.807) is 0 Å². The van der Waals surface area contributed by atoms with Crippen molar-refractivity contribution in [3.8, 4) is 0 Å². The summed E-state index contributed by atoms with van der Waals surface area (Å²) in [5.41, 5.74) is 6.20. The summed E-state index contributed by atoms with van der Waals surface area (Å²) in [5, 5.41) is 3.10. The molecule has 0 aliphatic heterocycles. The number of fused-ring (bicyclic) bond motifs is 2. The first kappa shape index (κ1) is 21.0. The summed E-state index contributed by atoms with van der Waals surface area (Å²) in [5.74, 6) is 1.44. The first-order valence-corrected chi connectivity index (χ1v) is 7.93. The lowest BCUT2D eigenvalue weighted by Gasteiger charge is -2.27. The van der Waals surface area contributed by atoms with E-state index in [1.165, 1.54) is 25.7 Å². The van der Waals surface area contributed by atoms with Gasteiger partial charge in [0.05, 0.1) is 5.92 Å². The Balaban J connectivity index is 0.00000200. The van der Waals surface area contributed by atoms with Crippen LogP contribution in [0.1, 0.15) is 39.5 Å². The number of carbonyl (C=O) groups is 1. The molecule has 2 aliphatic carbocycles. The second-order valence-electron chi connectivity index (χ2n) is 6.16. The molecule has 2 aliphatic rings. The Morgan fingerprint density at radius 3 is 2.38 bits per heavy atom. The quantitative estimate of drug-likeness (QED) is 0.746. The number of nitrogens with one attached hydrogen (secondary N) is 1. The number of carbonyl (C=O) groups excluding carboxylic acids is 1. The van der Waals surface area contributed by atoms with E-state index in [0.29, 0.717) is 11.8 Å². The fourth-order valence-electron chi connectivity index (χ4n) is 3.92. The maximum atomic E-state index is 12.3. The van der Waals surface area contributed by atoms with Gasteiger partial charge in [-0.3, -0.25) is 4.79 Å². The Kier molecular flexibility index (Phi) is 9.87. The van der Waals surface area contributed by atoms with Crippen LogP contribution in [0.15, 0.2) is 0 Å². The van der Waals surface area contributed by atoms with Crippen LogP contribution in [0.4, 0.5) is 0 Å². The Morgan fingerprint density at radius 2 is 1.86 bits per heavy atom. The molecule has 4 unspecified atom stereocenters. The fraction of sp³-hybridized carbons (Fsp3) is 0.933. The number of halogens is 2. The van der Waals surface area contributed by atoms with Gasteiger partial charge in [0.1, 0.15) is 0 Å². The molecule has 126 valence electrons. The number of hydrogen-bond acceptors (Lipinski definition) is 3. The minimum Gasteiger partial charge on any atom is -0.355 e. The van der Waals surface area contributed by atoms with Crippen molar-refractivity contribution in [1.82, 2.24) is 10.2 Å². The summed E-state index contributed by atoms with van der Waals surface area (Å²) in [6.07, 6.45) is 4.78. The van der Waals surface area contributed by atoms with Gasteiger partial charge in [0.2, 0.25) is 5.91 Å². The molecule has 6 heteroatoms. The topological polar surface area (TPSA) is 58.4 Å². The first-order valence-electron chi connectivity index (χ1n) is 7.93. The number of nitrogens with zero attached hydrogens (tertiary/aromatic N) is 1. The van der Waals surface area contributed by atoms with E-state index in [0.717, 1.165) is 26.2 Å². The molecule has 1 amide bonds. The molecular formula is C15H31Cl2N3O. The van der Waals surface area contributed by atoms with Gasteiger partial charge in [0.15, 0.2) is 0 Å².